The quantitative estimate of drug-likeness (QED) is 0.184. The Morgan fingerprint density at radius 3 is 1.91 bits per heavy atom. The van der Waals surface area contributed by atoms with Crippen molar-refractivity contribution in [3.05, 3.63) is 29.8 Å². The van der Waals surface area contributed by atoms with Gasteiger partial charge in [-0.3, -0.25) is 18.9 Å². The third-order valence-electron chi connectivity index (χ3n) is 4.26. The molecule has 1 amide bonds. The van der Waals surface area contributed by atoms with Gasteiger partial charge in [-0.25, -0.2) is 4.79 Å². The molecule has 0 aliphatic rings. The molecule has 0 unspecified atom stereocenters. The van der Waals surface area contributed by atoms with Gasteiger partial charge in [0, 0.05) is 6.54 Å². The summed E-state index contributed by atoms with van der Waals surface area (Å²) < 4.78 is 48.3. The van der Waals surface area contributed by atoms with Crippen molar-refractivity contribution in [1.82, 2.24) is 5.32 Å². The molecule has 0 atom stereocenters. The molecule has 0 spiro atoms. The summed E-state index contributed by atoms with van der Waals surface area (Å²) in [6.07, 6.45) is -0.966. The van der Waals surface area contributed by atoms with Crippen molar-refractivity contribution in [2.75, 3.05) is 24.5 Å². The zero-order valence-corrected chi connectivity index (χ0v) is 20.3. The number of hydrogen-bond donors (Lipinski definition) is 3. The molecule has 0 saturated carbocycles. The Morgan fingerprint density at radius 1 is 0.970 bits per heavy atom. The maximum atomic E-state index is 13.0. The highest BCUT2D eigenvalue weighted by Gasteiger charge is 2.48. The minimum absolute atomic E-state index is 0.0245. The molecule has 0 aromatic heterocycles. The van der Waals surface area contributed by atoms with E-state index in [1.807, 2.05) is 4.72 Å². The number of nitrogens with one attached hydrogen (secondary N) is 2. The summed E-state index contributed by atoms with van der Waals surface area (Å²) >= 11 is 0. The number of carbonyl (C=O) groups excluding carboxylic acids is 3. The van der Waals surface area contributed by atoms with E-state index in [-0.39, 0.29) is 38.3 Å². The summed E-state index contributed by atoms with van der Waals surface area (Å²) in [4.78, 5) is 37.9. The molecule has 0 radical (unpaired) electrons. The van der Waals surface area contributed by atoms with E-state index in [9.17, 15) is 22.8 Å². The Hall–Kier alpha value is -2.86. The zero-order chi connectivity index (χ0) is 25.3. The first-order valence-electron chi connectivity index (χ1n) is 10.4. The van der Waals surface area contributed by atoms with Crippen LogP contribution in [0.15, 0.2) is 24.3 Å². The third kappa shape index (κ3) is 9.66. The van der Waals surface area contributed by atoms with Gasteiger partial charge < -0.3 is 19.5 Å². The molecule has 0 saturated heterocycles. The molecular formula is C21H32N2O9S. The number of hydrogen-bond acceptors (Lipinski definition) is 8. The second kappa shape index (κ2) is 11.8. The van der Waals surface area contributed by atoms with Gasteiger partial charge in [-0.05, 0) is 65.2 Å². The van der Waals surface area contributed by atoms with E-state index < -0.39 is 39.4 Å². The number of benzene rings is 1. The third-order valence-corrected chi connectivity index (χ3v) is 4.75. The number of amides is 1. The Balaban J connectivity index is 3.19. The van der Waals surface area contributed by atoms with Crippen LogP contribution in [-0.2, 0) is 40.5 Å². The molecule has 0 aliphatic heterocycles. The molecule has 12 heteroatoms. The fraction of sp³-hybridized carbons (Fsp3) is 0.571. The van der Waals surface area contributed by atoms with Crippen molar-refractivity contribution >= 4 is 34.0 Å². The topological polar surface area (TPSA) is 157 Å². The van der Waals surface area contributed by atoms with Crippen molar-refractivity contribution in [1.29, 1.82) is 0 Å². The van der Waals surface area contributed by atoms with Crippen LogP contribution in [0.25, 0.3) is 0 Å². The summed E-state index contributed by atoms with van der Waals surface area (Å²) in [6, 6.07) is 5.70. The van der Waals surface area contributed by atoms with Crippen LogP contribution in [-0.4, -0.2) is 56.4 Å². The van der Waals surface area contributed by atoms with Crippen molar-refractivity contribution in [2.45, 2.75) is 53.1 Å². The highest BCUT2D eigenvalue weighted by atomic mass is 32.2. The van der Waals surface area contributed by atoms with Gasteiger partial charge in [-0.2, -0.15) is 8.42 Å². The second-order valence-corrected chi connectivity index (χ2v) is 9.31. The summed E-state index contributed by atoms with van der Waals surface area (Å²) in [5.41, 5.74) is -1.90. The average molecular weight is 489 g/mol. The lowest BCUT2D eigenvalue weighted by molar-refractivity contribution is -0.172. The number of rotatable bonds is 11. The summed E-state index contributed by atoms with van der Waals surface area (Å²) in [5, 5.41) is 2.53. The fourth-order valence-corrected chi connectivity index (χ4v) is 3.37. The molecule has 11 nitrogen and oxygen atoms in total. The smallest absolute Gasteiger partial charge is 0.407 e. The summed E-state index contributed by atoms with van der Waals surface area (Å²) in [6.45, 7) is 8.28. The maximum Gasteiger partial charge on any atom is 0.407 e. The number of ether oxygens (including phenoxy) is 3. The van der Waals surface area contributed by atoms with Crippen LogP contribution >= 0.6 is 0 Å². The number of alkyl carbamates (subject to hydrolysis) is 1. The van der Waals surface area contributed by atoms with Crippen LogP contribution in [0, 0.1) is 5.41 Å². The molecule has 0 aliphatic carbocycles. The molecular weight excluding hydrogens is 456 g/mol. The van der Waals surface area contributed by atoms with Crippen LogP contribution in [0.1, 0.15) is 46.6 Å². The Morgan fingerprint density at radius 2 is 1.48 bits per heavy atom. The lowest BCUT2D eigenvalue weighted by Crippen LogP contribution is -2.46. The van der Waals surface area contributed by atoms with Crippen molar-refractivity contribution in [2.24, 2.45) is 5.41 Å². The van der Waals surface area contributed by atoms with Crippen LogP contribution in [0.3, 0.4) is 0 Å². The van der Waals surface area contributed by atoms with Crippen LogP contribution in [0.4, 0.5) is 10.5 Å². The molecule has 3 N–H and O–H groups in total. The molecule has 1 aromatic carbocycles. The van der Waals surface area contributed by atoms with Gasteiger partial charge in [0.1, 0.15) is 5.60 Å². The maximum absolute atomic E-state index is 13.0. The predicted octanol–water partition coefficient (Wildman–Crippen LogP) is 2.47. The molecule has 33 heavy (non-hydrogen) atoms. The molecule has 0 heterocycles. The zero-order valence-electron chi connectivity index (χ0n) is 19.5. The number of anilines is 1. The predicted molar refractivity (Wildman–Crippen MR) is 120 cm³/mol. The first kappa shape index (κ1) is 28.2. The van der Waals surface area contributed by atoms with E-state index in [0.717, 1.165) is 0 Å². The highest BCUT2D eigenvalue weighted by molar-refractivity contribution is 7.87. The monoisotopic (exact) mass is 488 g/mol. The van der Waals surface area contributed by atoms with Crippen molar-refractivity contribution in [3.63, 3.8) is 0 Å². The SMILES string of the molecule is CCOC(=O)C(CCNC(=O)OC(C)(C)C)(Cc1ccc(NS(=O)(=O)O)cc1)C(=O)OCC. The van der Waals surface area contributed by atoms with Crippen LogP contribution in [0.2, 0.25) is 0 Å². The van der Waals surface area contributed by atoms with Gasteiger partial charge >= 0.3 is 28.3 Å². The fourth-order valence-electron chi connectivity index (χ4n) is 2.94. The minimum Gasteiger partial charge on any atom is -0.465 e. The van der Waals surface area contributed by atoms with E-state index in [2.05, 4.69) is 5.32 Å². The van der Waals surface area contributed by atoms with Gasteiger partial charge in [0.2, 0.25) is 0 Å². The van der Waals surface area contributed by atoms with Gasteiger partial charge in [-0.1, -0.05) is 12.1 Å². The number of esters is 2. The van der Waals surface area contributed by atoms with Gasteiger partial charge in [-0.15, -0.1) is 0 Å². The van der Waals surface area contributed by atoms with E-state index >= 15 is 0 Å². The van der Waals surface area contributed by atoms with Gasteiger partial charge in [0.05, 0.1) is 18.9 Å². The molecule has 1 aromatic rings. The normalized spacial score (nSPS) is 11.9. The van der Waals surface area contributed by atoms with E-state index in [1.165, 1.54) is 24.3 Å². The molecule has 0 bridgehead atoms. The van der Waals surface area contributed by atoms with E-state index in [4.69, 9.17) is 18.8 Å². The largest absolute Gasteiger partial charge is 0.465 e. The summed E-state index contributed by atoms with van der Waals surface area (Å²) in [5.74, 6) is -1.62. The molecule has 1 rings (SSSR count). The molecule has 186 valence electrons. The minimum atomic E-state index is -4.45. The van der Waals surface area contributed by atoms with Crippen molar-refractivity contribution < 1.29 is 41.6 Å². The average Bonchev–Trinajstić information content (AvgIpc) is 2.66. The first-order chi connectivity index (χ1) is 15.2. The highest BCUT2D eigenvalue weighted by Crippen LogP contribution is 2.32. The van der Waals surface area contributed by atoms with E-state index in [1.54, 1.807) is 34.6 Å². The Bertz CT molecular complexity index is 904. The molecule has 0 fully saturated rings. The van der Waals surface area contributed by atoms with Gasteiger partial charge in [0.25, 0.3) is 0 Å². The van der Waals surface area contributed by atoms with Crippen LogP contribution in [0.5, 0.6) is 0 Å². The Labute approximate surface area is 194 Å². The lowest BCUT2D eigenvalue weighted by Gasteiger charge is -2.29. The summed E-state index contributed by atoms with van der Waals surface area (Å²) in [7, 11) is -4.45. The second-order valence-electron chi connectivity index (χ2n) is 8.15. The lowest BCUT2D eigenvalue weighted by atomic mass is 9.78. The first-order valence-corrected chi connectivity index (χ1v) is 11.8. The standard InChI is InChI=1S/C21H32N2O9S/c1-6-30-17(24)21(18(25)31-7-2,12-13-22-19(26)32-20(3,4)5)14-15-8-10-16(11-9-15)23-33(27,28)29/h8-11,23H,6-7,12-14H2,1-5H3,(H,22,26)(H,27,28,29). The van der Waals surface area contributed by atoms with Crippen molar-refractivity contribution in [3.8, 4) is 0 Å². The Kier molecular flexibility index (Phi) is 10.1. The van der Waals surface area contributed by atoms with Crippen LogP contribution < -0.4 is 10.0 Å². The van der Waals surface area contributed by atoms with Gasteiger partial charge in [0.15, 0.2) is 5.41 Å². The number of carbonyl (C=O) groups is 3. The van der Waals surface area contributed by atoms with E-state index in [0.29, 0.717) is 5.56 Å².